The third kappa shape index (κ3) is 4.48. The quantitative estimate of drug-likeness (QED) is 0.168. The van der Waals surface area contributed by atoms with Gasteiger partial charge in [-0.15, -0.1) is 0 Å². The number of fused-ring (bicyclic) bond motifs is 14. The molecule has 0 radical (unpaired) electrons. The predicted molar refractivity (Wildman–Crippen MR) is 249 cm³/mol. The molecule has 0 spiro atoms. The fourth-order valence-electron chi connectivity index (χ4n) is 11.2. The van der Waals surface area contributed by atoms with E-state index in [9.17, 15) is 4.79 Å². The molecule has 4 nitrogen and oxygen atoms in total. The van der Waals surface area contributed by atoms with Crippen molar-refractivity contribution in [2.45, 2.75) is 31.2 Å². The lowest BCUT2D eigenvalue weighted by Gasteiger charge is -2.39. The monoisotopic (exact) mass is 769 g/mol. The van der Waals surface area contributed by atoms with Gasteiger partial charge in [-0.2, -0.15) is 0 Å². The molecular weight excluding hydrogens is 731 g/mol. The molecule has 0 fully saturated rings. The highest BCUT2D eigenvalue weighted by atomic mass is 16.1. The molecule has 10 aromatic rings. The summed E-state index contributed by atoms with van der Waals surface area (Å²) in [4.78, 5) is 16.3. The van der Waals surface area contributed by atoms with E-state index in [4.69, 9.17) is 0 Å². The van der Waals surface area contributed by atoms with Gasteiger partial charge in [-0.1, -0.05) is 121 Å². The molecule has 2 unspecified atom stereocenters. The average molecular weight is 770 g/mol. The summed E-state index contributed by atoms with van der Waals surface area (Å²) >= 11 is 0. The van der Waals surface area contributed by atoms with Crippen molar-refractivity contribution in [3.8, 4) is 11.4 Å². The van der Waals surface area contributed by atoms with E-state index in [2.05, 4.69) is 173 Å². The van der Waals surface area contributed by atoms with E-state index in [1.54, 1.807) is 0 Å². The minimum Gasteiger partial charge on any atom is -0.329 e. The van der Waals surface area contributed by atoms with Gasteiger partial charge in [0.1, 0.15) is 0 Å². The maximum absolute atomic E-state index is 13.7. The Balaban J connectivity index is 1.11. The van der Waals surface area contributed by atoms with Crippen LogP contribution < -0.4 is 10.3 Å². The first-order valence-corrected chi connectivity index (χ1v) is 21.0. The van der Waals surface area contributed by atoms with E-state index in [1.807, 2.05) is 36.4 Å². The van der Waals surface area contributed by atoms with Crippen molar-refractivity contribution < 1.29 is 0 Å². The molecule has 2 aromatic heterocycles. The zero-order valence-corrected chi connectivity index (χ0v) is 33.1. The van der Waals surface area contributed by atoms with Gasteiger partial charge in [0.05, 0.1) is 33.3 Å². The van der Waals surface area contributed by atoms with Gasteiger partial charge in [-0.3, -0.25) is 4.79 Å². The van der Waals surface area contributed by atoms with E-state index in [-0.39, 0.29) is 16.9 Å². The van der Waals surface area contributed by atoms with Crippen LogP contribution in [-0.4, -0.2) is 14.7 Å². The molecular formula is C56H39N3O. The molecule has 284 valence electrons. The Morgan fingerprint density at radius 1 is 0.533 bits per heavy atom. The molecule has 2 aliphatic carbocycles. The van der Waals surface area contributed by atoms with Crippen molar-refractivity contribution in [3.63, 3.8) is 0 Å². The van der Waals surface area contributed by atoms with E-state index in [0.717, 1.165) is 51.7 Å². The third-order valence-corrected chi connectivity index (χ3v) is 13.8. The van der Waals surface area contributed by atoms with Gasteiger partial charge in [-0.25, -0.2) is 0 Å². The van der Waals surface area contributed by atoms with Crippen molar-refractivity contribution in [2.75, 3.05) is 4.90 Å². The molecule has 0 N–H and O–H groups in total. The number of nitrogens with zero attached hydrogens (tertiary/aromatic N) is 3. The van der Waals surface area contributed by atoms with Crippen LogP contribution in [0.25, 0.3) is 65.8 Å². The largest absolute Gasteiger partial charge is 0.329 e. The highest BCUT2D eigenvalue weighted by Crippen LogP contribution is 2.60. The molecule has 13 rings (SSSR count). The smallest absolute Gasteiger partial charge is 0.197 e. The molecule has 8 aromatic carbocycles. The number of benzene rings is 8. The van der Waals surface area contributed by atoms with E-state index < -0.39 is 0 Å². The highest BCUT2D eigenvalue weighted by molar-refractivity contribution is 6.18. The van der Waals surface area contributed by atoms with E-state index in [1.165, 1.54) is 66.1 Å². The number of para-hydroxylation sites is 4. The van der Waals surface area contributed by atoms with E-state index in [0.29, 0.717) is 0 Å². The van der Waals surface area contributed by atoms with Gasteiger partial charge < -0.3 is 14.0 Å². The summed E-state index contributed by atoms with van der Waals surface area (Å²) in [5, 5.41) is 6.68. The van der Waals surface area contributed by atoms with Crippen LogP contribution >= 0.6 is 0 Å². The Kier molecular flexibility index (Phi) is 6.87. The zero-order valence-electron chi connectivity index (χ0n) is 33.1. The van der Waals surface area contributed by atoms with Gasteiger partial charge in [0, 0.05) is 44.5 Å². The van der Waals surface area contributed by atoms with Gasteiger partial charge in [0.25, 0.3) is 0 Å². The summed E-state index contributed by atoms with van der Waals surface area (Å²) in [6.45, 7) is 2.42. The first-order chi connectivity index (χ1) is 29.6. The van der Waals surface area contributed by atoms with Crippen molar-refractivity contribution in [2.24, 2.45) is 0 Å². The number of hydrogen-bond acceptors (Lipinski definition) is 2. The van der Waals surface area contributed by atoms with Crippen molar-refractivity contribution >= 4 is 65.8 Å². The number of pyridine rings is 1. The molecule has 60 heavy (non-hydrogen) atoms. The second-order valence-corrected chi connectivity index (χ2v) is 17.0. The molecule has 0 saturated carbocycles. The fraction of sp³-hybridized carbons (Fsp3) is 0.0893. The van der Waals surface area contributed by atoms with Gasteiger partial charge in [-0.05, 0) is 125 Å². The summed E-state index contributed by atoms with van der Waals surface area (Å²) in [7, 11) is 0. The highest BCUT2D eigenvalue weighted by Gasteiger charge is 2.50. The summed E-state index contributed by atoms with van der Waals surface area (Å²) in [5.74, 6) is 0.131. The Hall–Kier alpha value is -7.43. The standard InChI is InChI=1S/C56H39N3O/c1-56-30-14-13-22-47(56)52-46-34-38-32-36-16-6-5-15-35(36)31-37(38)33-45(46)51-42-19-7-10-23-48(42)58(39-17-3-2-4-18-39)53(51)54(52)59(56)41-28-26-40(27-29-41)57-49-24-11-8-20-43(49)55(60)44-21-9-12-25-50(44)57/h2-32,47H,33-34H2,1H3. The van der Waals surface area contributed by atoms with Crippen LogP contribution in [0.2, 0.25) is 0 Å². The lowest BCUT2D eigenvalue weighted by molar-refractivity contribution is 0.540. The van der Waals surface area contributed by atoms with E-state index >= 15 is 0 Å². The summed E-state index contributed by atoms with van der Waals surface area (Å²) in [6.07, 6.45) is 11.1. The first-order valence-electron chi connectivity index (χ1n) is 21.0. The topological polar surface area (TPSA) is 30.2 Å². The molecule has 0 saturated heterocycles. The Bertz CT molecular complexity index is 3530. The van der Waals surface area contributed by atoms with Crippen LogP contribution in [0.3, 0.4) is 0 Å². The van der Waals surface area contributed by atoms with Gasteiger partial charge in [0.2, 0.25) is 0 Å². The lowest BCUT2D eigenvalue weighted by atomic mass is 9.74. The van der Waals surface area contributed by atoms with Crippen LogP contribution in [0.15, 0.2) is 193 Å². The predicted octanol–water partition coefficient (Wildman–Crippen LogP) is 13.0. The number of rotatable bonds is 3. The fourth-order valence-corrected chi connectivity index (χ4v) is 11.2. The first kappa shape index (κ1) is 33.5. The Labute approximate surface area is 347 Å². The molecule has 0 bridgehead atoms. The van der Waals surface area contributed by atoms with Crippen LogP contribution in [0.4, 0.5) is 11.4 Å². The van der Waals surface area contributed by atoms with Gasteiger partial charge >= 0.3 is 0 Å². The SMILES string of the molecule is CC12C=CC=CC1c1c3c(c4c5ccccc5n(-c5ccccc5)c4c1N2c1ccc(-n2c4ccccc4c(=O)c4ccccc42)cc1)Cc1cc2ccccc2cc1C3. The number of aromatic nitrogens is 2. The van der Waals surface area contributed by atoms with Crippen molar-refractivity contribution in [1.29, 1.82) is 0 Å². The minimum atomic E-state index is -0.376. The maximum Gasteiger partial charge on any atom is 0.197 e. The number of hydrogen-bond donors (Lipinski definition) is 0. The number of allylic oxidation sites excluding steroid dienone is 2. The molecule has 4 heteroatoms. The van der Waals surface area contributed by atoms with Crippen LogP contribution in [-0.2, 0) is 12.8 Å². The number of anilines is 2. The van der Waals surface area contributed by atoms with Crippen molar-refractivity contribution in [1.82, 2.24) is 9.13 Å². The zero-order chi connectivity index (χ0) is 39.7. The maximum atomic E-state index is 13.7. The van der Waals surface area contributed by atoms with Crippen LogP contribution in [0.1, 0.15) is 40.7 Å². The molecule has 0 amide bonds. The second-order valence-electron chi connectivity index (χ2n) is 17.0. The summed E-state index contributed by atoms with van der Waals surface area (Å²) < 4.78 is 4.78. The molecule has 2 atom stereocenters. The Morgan fingerprint density at radius 3 is 1.73 bits per heavy atom. The third-order valence-electron chi connectivity index (χ3n) is 13.8. The van der Waals surface area contributed by atoms with Crippen molar-refractivity contribution in [3.05, 3.63) is 226 Å². The average Bonchev–Trinajstić information content (AvgIpc) is 3.79. The van der Waals surface area contributed by atoms with Gasteiger partial charge in [0.15, 0.2) is 5.43 Å². The minimum absolute atomic E-state index is 0.0656. The lowest BCUT2D eigenvalue weighted by Crippen LogP contribution is -2.42. The summed E-state index contributed by atoms with van der Waals surface area (Å²) in [6, 6.07) is 58.7. The van der Waals surface area contributed by atoms with Crippen LogP contribution in [0.5, 0.6) is 0 Å². The molecule has 1 aliphatic heterocycles. The second kappa shape index (κ2) is 12.3. The molecule has 3 heterocycles. The normalized spacial score (nSPS) is 17.8. The van der Waals surface area contributed by atoms with Crippen LogP contribution in [0, 0.1) is 0 Å². The molecule has 3 aliphatic rings. The Morgan fingerprint density at radius 2 is 1.07 bits per heavy atom. The summed E-state index contributed by atoms with van der Waals surface area (Å²) in [5.41, 5.74) is 15.8.